The summed E-state index contributed by atoms with van der Waals surface area (Å²) in [5.74, 6) is -1.29. The van der Waals surface area contributed by atoms with Gasteiger partial charge in [-0.05, 0) is 23.8 Å². The van der Waals surface area contributed by atoms with Gasteiger partial charge in [0.2, 0.25) is 5.91 Å². The maximum Gasteiger partial charge on any atom is 0.406 e. The van der Waals surface area contributed by atoms with Crippen LogP contribution in [0.15, 0.2) is 41.2 Å². The van der Waals surface area contributed by atoms with Gasteiger partial charge in [0.15, 0.2) is 0 Å². The minimum Gasteiger partial charge on any atom is -0.326 e. The van der Waals surface area contributed by atoms with Crippen LogP contribution < -0.4 is 0 Å². The number of halogens is 4. The summed E-state index contributed by atoms with van der Waals surface area (Å²) in [5, 5.41) is 1.66. The number of hydrogen-bond acceptors (Lipinski definition) is 3. The Morgan fingerprint density at radius 1 is 1.26 bits per heavy atom. The monoisotopic (exact) mass is 344 g/mol. The summed E-state index contributed by atoms with van der Waals surface area (Å²) in [7, 11) is 0. The highest BCUT2D eigenvalue weighted by molar-refractivity contribution is 7.07. The van der Waals surface area contributed by atoms with Crippen molar-refractivity contribution in [3.05, 3.63) is 58.3 Å². The molecular formula is C15H12F4N2OS. The zero-order chi connectivity index (χ0) is 16.9. The molecule has 0 saturated carbocycles. The molecule has 8 heteroatoms. The Morgan fingerprint density at radius 3 is 2.52 bits per heavy atom. The SMILES string of the molecule is O=C(/C=C\c1cscn1)N(Cc1ccc(F)cc1)CC(F)(F)F. The van der Waals surface area contributed by atoms with Crippen molar-refractivity contribution in [1.82, 2.24) is 9.88 Å². The van der Waals surface area contributed by atoms with E-state index in [9.17, 15) is 22.4 Å². The standard InChI is InChI=1S/C15H12F4N2OS/c16-12-3-1-11(2-4-12)7-21(9-15(17,18)19)14(22)6-5-13-8-23-10-20-13/h1-6,8,10H,7,9H2/b6-5-. The maximum atomic E-state index is 12.9. The molecule has 3 nitrogen and oxygen atoms in total. The number of rotatable bonds is 5. The Kier molecular flexibility index (Phi) is 5.49. The molecule has 0 spiro atoms. The summed E-state index contributed by atoms with van der Waals surface area (Å²) in [5.41, 5.74) is 2.46. The van der Waals surface area contributed by atoms with Crippen LogP contribution in [0.4, 0.5) is 17.6 Å². The van der Waals surface area contributed by atoms with Crippen LogP contribution >= 0.6 is 11.3 Å². The number of hydrogen-bond donors (Lipinski definition) is 0. The summed E-state index contributed by atoms with van der Waals surface area (Å²) >= 11 is 1.31. The molecule has 23 heavy (non-hydrogen) atoms. The Bertz CT molecular complexity index is 666. The molecular weight excluding hydrogens is 332 g/mol. The van der Waals surface area contributed by atoms with E-state index >= 15 is 0 Å². The third kappa shape index (κ3) is 5.82. The second-order valence-corrected chi connectivity index (χ2v) is 5.40. The second kappa shape index (κ2) is 7.36. The first kappa shape index (κ1) is 17.1. The molecule has 0 aliphatic carbocycles. The molecule has 0 N–H and O–H groups in total. The lowest BCUT2D eigenvalue weighted by molar-refractivity contribution is -0.159. The number of aromatic nitrogens is 1. The third-order valence-corrected chi connectivity index (χ3v) is 3.42. The summed E-state index contributed by atoms with van der Waals surface area (Å²) in [6, 6.07) is 4.96. The number of benzene rings is 1. The predicted molar refractivity (Wildman–Crippen MR) is 79.0 cm³/mol. The van der Waals surface area contributed by atoms with Crippen LogP contribution in [0, 0.1) is 5.82 Å². The van der Waals surface area contributed by atoms with E-state index in [4.69, 9.17) is 0 Å². The molecule has 0 aliphatic rings. The van der Waals surface area contributed by atoms with Gasteiger partial charge in [0, 0.05) is 18.0 Å². The van der Waals surface area contributed by atoms with Crippen LogP contribution in [0.1, 0.15) is 11.3 Å². The van der Waals surface area contributed by atoms with E-state index in [2.05, 4.69) is 4.98 Å². The van der Waals surface area contributed by atoms with E-state index in [0.29, 0.717) is 16.2 Å². The first-order valence-electron chi connectivity index (χ1n) is 6.50. The van der Waals surface area contributed by atoms with Gasteiger partial charge in [-0.15, -0.1) is 11.3 Å². The van der Waals surface area contributed by atoms with Crippen molar-refractivity contribution in [2.24, 2.45) is 0 Å². The molecule has 0 atom stereocenters. The van der Waals surface area contributed by atoms with Gasteiger partial charge in [-0.3, -0.25) is 4.79 Å². The van der Waals surface area contributed by atoms with E-state index in [-0.39, 0.29) is 6.54 Å². The van der Waals surface area contributed by atoms with E-state index in [1.807, 2.05) is 0 Å². The highest BCUT2D eigenvalue weighted by Crippen LogP contribution is 2.19. The van der Waals surface area contributed by atoms with E-state index < -0.39 is 24.4 Å². The van der Waals surface area contributed by atoms with Crippen LogP contribution in [-0.2, 0) is 11.3 Å². The molecule has 0 radical (unpaired) electrons. The predicted octanol–water partition coefficient (Wildman–Crippen LogP) is 3.89. The van der Waals surface area contributed by atoms with Gasteiger partial charge in [-0.25, -0.2) is 9.37 Å². The number of carbonyl (C=O) groups excluding carboxylic acids is 1. The summed E-state index contributed by atoms with van der Waals surface area (Å²) < 4.78 is 50.8. The van der Waals surface area contributed by atoms with Crippen LogP contribution in [0.2, 0.25) is 0 Å². The average molecular weight is 344 g/mol. The smallest absolute Gasteiger partial charge is 0.326 e. The average Bonchev–Trinajstić information content (AvgIpc) is 2.98. The molecule has 2 aromatic rings. The Morgan fingerprint density at radius 2 is 1.96 bits per heavy atom. The summed E-state index contributed by atoms with van der Waals surface area (Å²) in [4.78, 5) is 16.6. The van der Waals surface area contributed by atoms with Crippen molar-refractivity contribution < 1.29 is 22.4 Å². The molecule has 0 fully saturated rings. The van der Waals surface area contributed by atoms with Gasteiger partial charge < -0.3 is 4.90 Å². The van der Waals surface area contributed by atoms with Gasteiger partial charge in [-0.1, -0.05) is 12.1 Å². The van der Waals surface area contributed by atoms with Gasteiger partial charge >= 0.3 is 6.18 Å². The lowest BCUT2D eigenvalue weighted by atomic mass is 10.2. The molecule has 1 aromatic carbocycles. The normalized spacial score (nSPS) is 11.8. The Hall–Kier alpha value is -2.22. The zero-order valence-corrected chi connectivity index (χ0v) is 12.6. The van der Waals surface area contributed by atoms with Crippen molar-refractivity contribution in [2.75, 3.05) is 6.54 Å². The van der Waals surface area contributed by atoms with Gasteiger partial charge in [0.1, 0.15) is 12.4 Å². The van der Waals surface area contributed by atoms with Gasteiger partial charge in [-0.2, -0.15) is 13.2 Å². The van der Waals surface area contributed by atoms with Crippen molar-refractivity contribution >= 4 is 23.3 Å². The summed E-state index contributed by atoms with van der Waals surface area (Å²) in [6.07, 6.45) is -2.12. The number of alkyl halides is 3. The van der Waals surface area contributed by atoms with Gasteiger partial charge in [0.25, 0.3) is 0 Å². The minimum atomic E-state index is -4.52. The first-order chi connectivity index (χ1) is 10.8. The molecule has 0 aliphatic heterocycles. The van der Waals surface area contributed by atoms with Crippen molar-refractivity contribution in [1.29, 1.82) is 0 Å². The van der Waals surface area contributed by atoms with Crippen LogP contribution in [0.5, 0.6) is 0 Å². The van der Waals surface area contributed by atoms with Crippen LogP contribution in [0.25, 0.3) is 6.08 Å². The molecule has 1 aromatic heterocycles. The fourth-order valence-electron chi connectivity index (χ4n) is 1.80. The molecule has 1 heterocycles. The fourth-order valence-corrected chi connectivity index (χ4v) is 2.33. The first-order valence-corrected chi connectivity index (χ1v) is 7.44. The van der Waals surface area contributed by atoms with Gasteiger partial charge in [0.05, 0.1) is 11.2 Å². The van der Waals surface area contributed by atoms with Crippen molar-refractivity contribution in [2.45, 2.75) is 12.7 Å². The Labute approximate surface area is 133 Å². The van der Waals surface area contributed by atoms with E-state index in [0.717, 1.165) is 18.2 Å². The number of thiazole rings is 1. The fraction of sp³-hybridized carbons (Fsp3) is 0.200. The number of amides is 1. The molecule has 1 amide bonds. The maximum absolute atomic E-state index is 12.9. The lowest BCUT2D eigenvalue weighted by Gasteiger charge is -2.22. The highest BCUT2D eigenvalue weighted by Gasteiger charge is 2.32. The largest absolute Gasteiger partial charge is 0.406 e. The molecule has 122 valence electrons. The van der Waals surface area contributed by atoms with Crippen LogP contribution in [-0.4, -0.2) is 28.5 Å². The number of nitrogens with zero attached hydrogens (tertiary/aromatic N) is 2. The molecule has 0 unspecified atom stereocenters. The topological polar surface area (TPSA) is 33.2 Å². The number of carbonyl (C=O) groups is 1. The quantitative estimate of drug-likeness (QED) is 0.609. The molecule has 0 saturated heterocycles. The molecule has 2 rings (SSSR count). The third-order valence-electron chi connectivity index (χ3n) is 2.82. The van der Waals surface area contributed by atoms with Crippen LogP contribution in [0.3, 0.4) is 0 Å². The van der Waals surface area contributed by atoms with E-state index in [1.165, 1.54) is 29.5 Å². The highest BCUT2D eigenvalue weighted by atomic mass is 32.1. The Balaban J connectivity index is 2.12. The minimum absolute atomic E-state index is 0.264. The lowest BCUT2D eigenvalue weighted by Crippen LogP contribution is -2.37. The zero-order valence-electron chi connectivity index (χ0n) is 11.8. The molecule has 0 bridgehead atoms. The van der Waals surface area contributed by atoms with E-state index in [1.54, 1.807) is 10.9 Å². The van der Waals surface area contributed by atoms with Crippen molar-refractivity contribution in [3.63, 3.8) is 0 Å². The van der Waals surface area contributed by atoms with Crippen molar-refractivity contribution in [3.8, 4) is 0 Å². The summed E-state index contributed by atoms with van der Waals surface area (Å²) in [6.45, 7) is -1.65. The second-order valence-electron chi connectivity index (χ2n) is 4.68.